The highest BCUT2D eigenvalue weighted by Gasteiger charge is 1.95. The third kappa shape index (κ3) is 2.75. The number of aromatic amines is 1. The van der Waals surface area contributed by atoms with Crippen molar-refractivity contribution in [3.8, 4) is 0 Å². The van der Waals surface area contributed by atoms with Crippen molar-refractivity contribution >= 4 is 30.7 Å². The zero-order chi connectivity index (χ0) is 5.98. The number of nitrogens with one attached hydrogen (secondary N) is 1. The molecule has 5 heteroatoms. The standard InChI is InChI=1S/C5H6N2O.2ClH/c6-5(8)4-2-1-3-7-4;;/h1-3,7H,(H2,6,8);2*1H. The number of carbonyl (C=O) groups is 1. The Labute approximate surface area is 70.8 Å². The number of carbonyl (C=O) groups excluding carboxylic acids is 1. The van der Waals surface area contributed by atoms with Crippen LogP contribution in [0.4, 0.5) is 0 Å². The molecule has 58 valence electrons. The van der Waals surface area contributed by atoms with E-state index in [9.17, 15) is 4.79 Å². The summed E-state index contributed by atoms with van der Waals surface area (Å²) in [5, 5.41) is 0. The monoisotopic (exact) mass is 182 g/mol. The van der Waals surface area contributed by atoms with Gasteiger partial charge in [-0.3, -0.25) is 4.79 Å². The molecule has 0 spiro atoms. The lowest BCUT2D eigenvalue weighted by Crippen LogP contribution is -2.10. The van der Waals surface area contributed by atoms with Crippen LogP contribution in [-0.2, 0) is 0 Å². The van der Waals surface area contributed by atoms with E-state index in [2.05, 4.69) is 4.98 Å². The minimum absolute atomic E-state index is 0. The van der Waals surface area contributed by atoms with Crippen molar-refractivity contribution in [2.45, 2.75) is 0 Å². The van der Waals surface area contributed by atoms with Crippen LogP contribution in [0.1, 0.15) is 10.5 Å². The number of nitrogens with two attached hydrogens (primary N) is 1. The summed E-state index contributed by atoms with van der Waals surface area (Å²) in [6, 6.07) is 3.35. The summed E-state index contributed by atoms with van der Waals surface area (Å²) in [4.78, 5) is 12.9. The summed E-state index contributed by atoms with van der Waals surface area (Å²) >= 11 is 0. The Morgan fingerprint density at radius 2 is 2.10 bits per heavy atom. The predicted molar refractivity (Wildman–Crippen MR) is 43.8 cm³/mol. The number of primary amides is 1. The van der Waals surface area contributed by atoms with E-state index < -0.39 is 5.91 Å². The Morgan fingerprint density at radius 1 is 1.50 bits per heavy atom. The number of aromatic nitrogens is 1. The predicted octanol–water partition coefficient (Wildman–Crippen LogP) is 0.957. The number of hydrogen-bond acceptors (Lipinski definition) is 1. The van der Waals surface area contributed by atoms with E-state index in [0.29, 0.717) is 5.69 Å². The van der Waals surface area contributed by atoms with Crippen LogP contribution in [-0.4, -0.2) is 10.9 Å². The van der Waals surface area contributed by atoms with E-state index in [1.165, 1.54) is 0 Å². The molecule has 0 aliphatic carbocycles. The van der Waals surface area contributed by atoms with Crippen molar-refractivity contribution in [1.29, 1.82) is 0 Å². The molecule has 1 rings (SSSR count). The lowest BCUT2D eigenvalue weighted by Gasteiger charge is -1.82. The van der Waals surface area contributed by atoms with Crippen molar-refractivity contribution in [2.75, 3.05) is 0 Å². The van der Waals surface area contributed by atoms with Gasteiger partial charge in [-0.15, -0.1) is 24.8 Å². The molecule has 0 atom stereocenters. The number of rotatable bonds is 1. The second kappa shape index (κ2) is 5.14. The average Bonchev–Trinajstić information content (AvgIpc) is 2.12. The number of hydrogen-bond donors (Lipinski definition) is 2. The highest BCUT2D eigenvalue weighted by Crippen LogP contribution is 1.89. The third-order valence-corrected chi connectivity index (χ3v) is 0.863. The van der Waals surface area contributed by atoms with Crippen molar-refractivity contribution in [1.82, 2.24) is 4.98 Å². The summed E-state index contributed by atoms with van der Waals surface area (Å²) in [5.41, 5.74) is 5.34. The average molecular weight is 183 g/mol. The van der Waals surface area contributed by atoms with Gasteiger partial charge in [-0.1, -0.05) is 0 Å². The van der Waals surface area contributed by atoms with E-state index in [4.69, 9.17) is 5.73 Å². The van der Waals surface area contributed by atoms with Gasteiger partial charge in [0.2, 0.25) is 0 Å². The van der Waals surface area contributed by atoms with Gasteiger partial charge in [0.05, 0.1) is 0 Å². The summed E-state index contributed by atoms with van der Waals surface area (Å²) in [6.07, 6.45) is 1.65. The quantitative estimate of drug-likeness (QED) is 0.669. The molecule has 3 nitrogen and oxygen atoms in total. The van der Waals surface area contributed by atoms with Crippen LogP contribution >= 0.6 is 24.8 Å². The van der Waals surface area contributed by atoms with Crippen molar-refractivity contribution < 1.29 is 4.79 Å². The smallest absolute Gasteiger partial charge is 0.265 e. The van der Waals surface area contributed by atoms with E-state index >= 15 is 0 Å². The maximum Gasteiger partial charge on any atom is 0.265 e. The van der Waals surface area contributed by atoms with Crippen molar-refractivity contribution in [3.05, 3.63) is 24.0 Å². The maximum atomic E-state index is 10.3. The third-order valence-electron chi connectivity index (χ3n) is 0.863. The first-order valence-electron chi connectivity index (χ1n) is 2.24. The number of H-pyrrole nitrogens is 1. The summed E-state index contributed by atoms with van der Waals surface area (Å²) in [6.45, 7) is 0. The van der Waals surface area contributed by atoms with Gasteiger partial charge in [0.1, 0.15) is 5.69 Å². The van der Waals surface area contributed by atoms with Crippen LogP contribution in [0.25, 0.3) is 0 Å². The Bertz CT molecular complexity index is 186. The van der Waals surface area contributed by atoms with E-state index in [0.717, 1.165) is 0 Å². The summed E-state index contributed by atoms with van der Waals surface area (Å²) < 4.78 is 0. The van der Waals surface area contributed by atoms with E-state index in [1.54, 1.807) is 18.3 Å². The summed E-state index contributed by atoms with van der Waals surface area (Å²) in [5.74, 6) is -0.421. The van der Waals surface area contributed by atoms with Gasteiger partial charge < -0.3 is 10.7 Å². The van der Waals surface area contributed by atoms with Crippen LogP contribution in [0.5, 0.6) is 0 Å². The van der Waals surface area contributed by atoms with Crippen LogP contribution < -0.4 is 5.73 Å². The highest BCUT2D eigenvalue weighted by atomic mass is 35.5. The summed E-state index contributed by atoms with van der Waals surface area (Å²) in [7, 11) is 0. The van der Waals surface area contributed by atoms with E-state index in [-0.39, 0.29) is 24.8 Å². The molecule has 0 radical (unpaired) electrons. The van der Waals surface area contributed by atoms with Gasteiger partial charge in [-0.2, -0.15) is 0 Å². The van der Waals surface area contributed by atoms with Crippen LogP contribution in [0.3, 0.4) is 0 Å². The topological polar surface area (TPSA) is 58.9 Å². The second-order valence-corrected chi connectivity index (χ2v) is 1.45. The van der Waals surface area contributed by atoms with E-state index in [1.807, 2.05) is 0 Å². The molecular formula is C5H8Cl2N2O. The first-order valence-corrected chi connectivity index (χ1v) is 2.24. The van der Waals surface area contributed by atoms with Crippen LogP contribution in [0.2, 0.25) is 0 Å². The highest BCUT2D eigenvalue weighted by molar-refractivity contribution is 5.90. The maximum absolute atomic E-state index is 10.3. The molecule has 0 unspecified atom stereocenters. The molecule has 3 N–H and O–H groups in total. The molecule has 1 amide bonds. The Kier molecular flexibility index (Phi) is 6.20. The fourth-order valence-corrected chi connectivity index (χ4v) is 0.484. The molecule has 1 aromatic rings. The fourth-order valence-electron chi connectivity index (χ4n) is 0.484. The molecule has 0 fully saturated rings. The number of halogens is 2. The van der Waals surface area contributed by atoms with Crippen LogP contribution in [0, 0.1) is 0 Å². The molecule has 10 heavy (non-hydrogen) atoms. The van der Waals surface area contributed by atoms with Gasteiger partial charge in [-0.25, -0.2) is 0 Å². The van der Waals surface area contributed by atoms with Crippen LogP contribution in [0.15, 0.2) is 18.3 Å². The Balaban J connectivity index is 0. The van der Waals surface area contributed by atoms with Crippen molar-refractivity contribution in [3.63, 3.8) is 0 Å². The minimum Gasteiger partial charge on any atom is -0.364 e. The first kappa shape index (κ1) is 12.0. The van der Waals surface area contributed by atoms with Gasteiger partial charge in [-0.05, 0) is 12.1 Å². The lowest BCUT2D eigenvalue weighted by atomic mass is 10.4. The molecule has 0 aliphatic rings. The molecule has 1 heterocycles. The molecule has 0 saturated carbocycles. The zero-order valence-corrected chi connectivity index (χ0v) is 6.67. The van der Waals surface area contributed by atoms with Gasteiger partial charge in [0, 0.05) is 6.20 Å². The Hall–Kier alpha value is -0.670. The number of amides is 1. The van der Waals surface area contributed by atoms with Gasteiger partial charge >= 0.3 is 0 Å². The lowest BCUT2D eigenvalue weighted by molar-refractivity contribution is 0.0996. The normalized spacial score (nSPS) is 7.20. The van der Waals surface area contributed by atoms with Crippen molar-refractivity contribution in [2.24, 2.45) is 5.73 Å². The second-order valence-electron chi connectivity index (χ2n) is 1.45. The fraction of sp³-hybridized carbons (Fsp3) is 0. The molecular weight excluding hydrogens is 175 g/mol. The minimum atomic E-state index is -0.421. The molecule has 0 saturated heterocycles. The van der Waals surface area contributed by atoms with Gasteiger partial charge in [0.25, 0.3) is 5.91 Å². The first-order chi connectivity index (χ1) is 3.80. The molecule has 0 aliphatic heterocycles. The Morgan fingerprint density at radius 3 is 2.30 bits per heavy atom. The zero-order valence-electron chi connectivity index (χ0n) is 5.03. The molecule has 1 aromatic heterocycles. The molecule has 0 aromatic carbocycles. The molecule has 0 bridgehead atoms. The largest absolute Gasteiger partial charge is 0.364 e. The van der Waals surface area contributed by atoms with Gasteiger partial charge in [0.15, 0.2) is 0 Å². The SMILES string of the molecule is Cl.Cl.NC(=O)c1ccc[nH]1.